The first-order chi connectivity index (χ1) is 13.3. The summed E-state index contributed by atoms with van der Waals surface area (Å²) in [6.45, 7) is 2.99. The number of nitrogens with one attached hydrogen (secondary N) is 2. The molecule has 0 spiro atoms. The fourth-order valence-corrected chi connectivity index (χ4v) is 3.89. The van der Waals surface area contributed by atoms with E-state index in [1.165, 1.54) is 30.7 Å². The molecule has 0 unspecified atom stereocenters. The molecule has 0 bridgehead atoms. The van der Waals surface area contributed by atoms with Crippen molar-refractivity contribution in [3.63, 3.8) is 0 Å². The Hall–Kier alpha value is -3.01. The molecule has 3 rings (SSSR count). The first kappa shape index (κ1) is 19.7. The molecule has 2 aromatic rings. The molecule has 28 heavy (non-hydrogen) atoms. The second-order valence-corrected chi connectivity index (χ2v) is 8.15. The van der Waals surface area contributed by atoms with E-state index in [1.807, 2.05) is 4.72 Å². The van der Waals surface area contributed by atoms with Gasteiger partial charge in [-0.3, -0.25) is 9.59 Å². The molecule has 9 nitrogen and oxygen atoms in total. The van der Waals surface area contributed by atoms with Crippen LogP contribution in [0.3, 0.4) is 0 Å². The lowest BCUT2D eigenvalue weighted by Gasteiger charge is -2.27. The number of carbonyl (C=O) groups excluding carboxylic acids is 2. The average Bonchev–Trinajstić information content (AvgIpc) is 2.68. The van der Waals surface area contributed by atoms with Crippen LogP contribution < -0.4 is 14.9 Å². The number of piperidine rings is 1. The van der Waals surface area contributed by atoms with Crippen LogP contribution in [0.15, 0.2) is 41.3 Å². The molecule has 0 radical (unpaired) electrons. The SMILES string of the molecule is CC(=O)NS(=O)(=O)c1ccc(NC(=O)c2ccc(N3CCCCC3)nn2)cc1. The Morgan fingerprint density at radius 3 is 2.21 bits per heavy atom. The van der Waals surface area contributed by atoms with Gasteiger partial charge in [0.25, 0.3) is 15.9 Å². The van der Waals surface area contributed by atoms with E-state index in [0.29, 0.717) is 5.69 Å². The maximum atomic E-state index is 12.3. The second kappa shape index (κ2) is 8.34. The minimum Gasteiger partial charge on any atom is -0.355 e. The Morgan fingerprint density at radius 1 is 0.964 bits per heavy atom. The van der Waals surface area contributed by atoms with Gasteiger partial charge in [-0.1, -0.05) is 0 Å². The van der Waals surface area contributed by atoms with Crippen molar-refractivity contribution in [3.05, 3.63) is 42.1 Å². The van der Waals surface area contributed by atoms with Gasteiger partial charge in [-0.25, -0.2) is 13.1 Å². The van der Waals surface area contributed by atoms with Gasteiger partial charge in [0, 0.05) is 25.7 Å². The lowest BCUT2D eigenvalue weighted by molar-refractivity contribution is -0.117. The first-order valence-electron chi connectivity index (χ1n) is 8.89. The molecule has 1 aliphatic rings. The molecule has 1 fully saturated rings. The zero-order valence-corrected chi connectivity index (χ0v) is 16.2. The van der Waals surface area contributed by atoms with Crippen molar-refractivity contribution in [1.82, 2.24) is 14.9 Å². The largest absolute Gasteiger partial charge is 0.355 e. The summed E-state index contributed by atoms with van der Waals surface area (Å²) in [6.07, 6.45) is 3.46. The normalized spacial score (nSPS) is 14.4. The predicted octanol–water partition coefficient (Wildman–Crippen LogP) is 1.54. The van der Waals surface area contributed by atoms with Gasteiger partial charge in [0.05, 0.1) is 4.90 Å². The van der Waals surface area contributed by atoms with E-state index < -0.39 is 21.8 Å². The van der Waals surface area contributed by atoms with Crippen LogP contribution in [0.25, 0.3) is 0 Å². The van der Waals surface area contributed by atoms with Crippen molar-refractivity contribution < 1.29 is 18.0 Å². The molecule has 1 aliphatic heterocycles. The fourth-order valence-electron chi connectivity index (χ4n) is 2.90. The van der Waals surface area contributed by atoms with Crippen LogP contribution in [0.5, 0.6) is 0 Å². The maximum Gasteiger partial charge on any atom is 0.276 e. The van der Waals surface area contributed by atoms with Crippen LogP contribution in [0, 0.1) is 0 Å². The Kier molecular flexibility index (Phi) is 5.88. The number of carbonyl (C=O) groups is 2. The number of sulfonamides is 1. The van der Waals surface area contributed by atoms with Crippen LogP contribution in [0.1, 0.15) is 36.7 Å². The van der Waals surface area contributed by atoms with Gasteiger partial charge in [-0.05, 0) is 55.7 Å². The molecule has 2 N–H and O–H groups in total. The van der Waals surface area contributed by atoms with Crippen molar-refractivity contribution in [3.8, 4) is 0 Å². The highest BCUT2D eigenvalue weighted by Gasteiger charge is 2.17. The minimum atomic E-state index is -3.91. The number of rotatable bonds is 5. The molecule has 10 heteroatoms. The molecular weight excluding hydrogens is 382 g/mol. The summed E-state index contributed by atoms with van der Waals surface area (Å²) in [5, 5.41) is 10.8. The predicted molar refractivity (Wildman–Crippen MR) is 103 cm³/mol. The van der Waals surface area contributed by atoms with Gasteiger partial charge >= 0.3 is 0 Å². The second-order valence-electron chi connectivity index (χ2n) is 6.46. The number of anilines is 2. The number of hydrogen-bond acceptors (Lipinski definition) is 7. The average molecular weight is 403 g/mol. The highest BCUT2D eigenvalue weighted by Crippen LogP contribution is 2.18. The third-order valence-corrected chi connectivity index (χ3v) is 5.71. The Labute approximate surface area is 163 Å². The first-order valence-corrected chi connectivity index (χ1v) is 10.4. The summed E-state index contributed by atoms with van der Waals surface area (Å²) < 4.78 is 25.7. The quantitative estimate of drug-likeness (QED) is 0.777. The van der Waals surface area contributed by atoms with E-state index >= 15 is 0 Å². The molecule has 148 valence electrons. The standard InChI is InChI=1S/C18H21N5O4S/c1-13(24)22-28(26,27)15-7-5-14(6-8-15)19-18(25)16-9-10-17(21-20-16)23-11-3-2-4-12-23/h5-10H,2-4,11-12H2,1H3,(H,19,25)(H,22,24). The van der Waals surface area contributed by atoms with Gasteiger partial charge in [-0.15, -0.1) is 10.2 Å². The van der Waals surface area contributed by atoms with Crippen LogP contribution in [-0.2, 0) is 14.8 Å². The summed E-state index contributed by atoms with van der Waals surface area (Å²) >= 11 is 0. The van der Waals surface area contributed by atoms with E-state index in [-0.39, 0.29) is 10.6 Å². The maximum absolute atomic E-state index is 12.3. The van der Waals surface area contributed by atoms with Crippen molar-refractivity contribution in [1.29, 1.82) is 0 Å². The molecule has 1 aromatic heterocycles. The summed E-state index contributed by atoms with van der Waals surface area (Å²) in [5.41, 5.74) is 0.560. The van der Waals surface area contributed by atoms with Crippen molar-refractivity contribution in [2.45, 2.75) is 31.1 Å². The summed E-state index contributed by atoms with van der Waals surface area (Å²) in [7, 11) is -3.91. The lowest BCUT2D eigenvalue weighted by atomic mass is 10.1. The minimum absolute atomic E-state index is 0.0774. The number of amides is 2. The molecule has 0 atom stereocenters. The number of benzene rings is 1. The molecular formula is C18H21N5O4S. The van der Waals surface area contributed by atoms with E-state index in [4.69, 9.17) is 0 Å². The number of aromatic nitrogens is 2. The van der Waals surface area contributed by atoms with Gasteiger partial charge in [-0.2, -0.15) is 0 Å². The Balaban J connectivity index is 1.65. The topological polar surface area (TPSA) is 121 Å². The highest BCUT2D eigenvalue weighted by atomic mass is 32.2. The Morgan fingerprint density at radius 2 is 1.64 bits per heavy atom. The molecule has 0 aliphatic carbocycles. The van der Waals surface area contributed by atoms with Crippen LogP contribution in [0.2, 0.25) is 0 Å². The van der Waals surface area contributed by atoms with Gasteiger partial charge in [0.15, 0.2) is 11.5 Å². The molecule has 2 heterocycles. The van der Waals surface area contributed by atoms with Crippen LogP contribution >= 0.6 is 0 Å². The number of hydrogen-bond donors (Lipinski definition) is 2. The third kappa shape index (κ3) is 4.83. The van der Waals surface area contributed by atoms with E-state index in [0.717, 1.165) is 38.7 Å². The fraction of sp³-hybridized carbons (Fsp3) is 0.333. The van der Waals surface area contributed by atoms with E-state index in [1.54, 1.807) is 12.1 Å². The summed E-state index contributed by atoms with van der Waals surface area (Å²) in [5.74, 6) is -0.372. The van der Waals surface area contributed by atoms with Crippen LogP contribution in [-0.4, -0.2) is 43.5 Å². The van der Waals surface area contributed by atoms with E-state index in [2.05, 4.69) is 20.4 Å². The highest BCUT2D eigenvalue weighted by molar-refractivity contribution is 7.90. The molecule has 1 saturated heterocycles. The molecule has 0 saturated carbocycles. The summed E-state index contributed by atoms with van der Waals surface area (Å²) in [6, 6.07) is 8.85. The monoisotopic (exact) mass is 403 g/mol. The van der Waals surface area contributed by atoms with Crippen LogP contribution in [0.4, 0.5) is 11.5 Å². The van der Waals surface area contributed by atoms with Crippen molar-refractivity contribution in [2.75, 3.05) is 23.3 Å². The van der Waals surface area contributed by atoms with E-state index in [9.17, 15) is 18.0 Å². The van der Waals surface area contributed by atoms with Crippen molar-refractivity contribution in [2.24, 2.45) is 0 Å². The zero-order chi connectivity index (χ0) is 20.1. The zero-order valence-electron chi connectivity index (χ0n) is 15.4. The molecule has 1 aromatic carbocycles. The third-order valence-electron chi connectivity index (χ3n) is 4.26. The summed E-state index contributed by atoms with van der Waals surface area (Å²) in [4.78, 5) is 25.4. The van der Waals surface area contributed by atoms with Gasteiger partial charge in [0.2, 0.25) is 5.91 Å². The van der Waals surface area contributed by atoms with Crippen molar-refractivity contribution >= 4 is 33.3 Å². The van der Waals surface area contributed by atoms with Gasteiger partial charge < -0.3 is 10.2 Å². The van der Waals surface area contributed by atoms with Gasteiger partial charge in [0.1, 0.15) is 0 Å². The lowest BCUT2D eigenvalue weighted by Crippen LogP contribution is -2.30. The number of nitrogens with zero attached hydrogens (tertiary/aromatic N) is 3. The Bertz CT molecular complexity index is 952. The smallest absolute Gasteiger partial charge is 0.276 e. The molecule has 2 amide bonds.